The van der Waals surface area contributed by atoms with Crippen LogP contribution in [0.25, 0.3) is 11.3 Å². The first-order valence-electron chi connectivity index (χ1n) is 6.85. The van der Waals surface area contributed by atoms with E-state index in [1.165, 1.54) is 13.3 Å². The van der Waals surface area contributed by atoms with Crippen LogP contribution in [0.2, 0.25) is 0 Å². The number of alkyl halides is 3. The molecule has 0 aliphatic heterocycles. The van der Waals surface area contributed by atoms with Crippen molar-refractivity contribution in [3.63, 3.8) is 0 Å². The van der Waals surface area contributed by atoms with Crippen molar-refractivity contribution in [2.24, 2.45) is 0 Å². The van der Waals surface area contributed by atoms with Gasteiger partial charge in [-0.15, -0.1) is 0 Å². The Hall–Kier alpha value is -2.04. The molecule has 0 N–H and O–H groups in total. The molecule has 0 unspecified atom stereocenters. The molecule has 0 saturated carbocycles. The Labute approximate surface area is 128 Å². The molecule has 0 aliphatic carbocycles. The molecular formula is C17H18F3NO. The second-order valence-corrected chi connectivity index (χ2v) is 6.09. The molecule has 0 aliphatic rings. The van der Waals surface area contributed by atoms with Gasteiger partial charge in [-0.1, -0.05) is 26.8 Å². The van der Waals surface area contributed by atoms with Gasteiger partial charge in [0.2, 0.25) is 0 Å². The largest absolute Gasteiger partial charge is 0.496 e. The van der Waals surface area contributed by atoms with Gasteiger partial charge in [0.25, 0.3) is 0 Å². The number of rotatable bonds is 2. The van der Waals surface area contributed by atoms with Gasteiger partial charge < -0.3 is 4.74 Å². The molecule has 118 valence electrons. The van der Waals surface area contributed by atoms with Crippen LogP contribution in [0.3, 0.4) is 0 Å². The quantitative estimate of drug-likeness (QED) is 0.772. The number of hydrogen-bond donors (Lipinski definition) is 0. The molecular weight excluding hydrogens is 291 g/mol. The van der Waals surface area contributed by atoms with E-state index in [4.69, 9.17) is 4.74 Å². The van der Waals surface area contributed by atoms with Gasteiger partial charge in [0.1, 0.15) is 5.75 Å². The molecule has 0 amide bonds. The second-order valence-electron chi connectivity index (χ2n) is 6.09. The second kappa shape index (κ2) is 5.63. The first-order chi connectivity index (χ1) is 10.1. The summed E-state index contributed by atoms with van der Waals surface area (Å²) in [6, 6.07) is 7.52. The number of methoxy groups -OCH3 is 1. The SMILES string of the molecule is COc1ccc(C(C)(C)C)cc1-c1cc(C(F)(F)F)ccn1. The molecule has 22 heavy (non-hydrogen) atoms. The van der Waals surface area contributed by atoms with Gasteiger partial charge in [-0.3, -0.25) is 4.98 Å². The third kappa shape index (κ3) is 3.40. The lowest BCUT2D eigenvalue weighted by molar-refractivity contribution is -0.137. The van der Waals surface area contributed by atoms with Crippen LogP contribution in [-0.4, -0.2) is 12.1 Å². The van der Waals surface area contributed by atoms with Gasteiger partial charge >= 0.3 is 6.18 Å². The van der Waals surface area contributed by atoms with Crippen LogP contribution in [0.1, 0.15) is 31.9 Å². The summed E-state index contributed by atoms with van der Waals surface area (Å²) in [5.41, 5.74) is 0.963. The Morgan fingerprint density at radius 2 is 1.64 bits per heavy atom. The van der Waals surface area contributed by atoms with Crippen LogP contribution in [0.5, 0.6) is 5.75 Å². The summed E-state index contributed by atoms with van der Waals surface area (Å²) >= 11 is 0. The topological polar surface area (TPSA) is 22.1 Å². The number of nitrogens with zero attached hydrogens (tertiary/aromatic N) is 1. The molecule has 1 aromatic carbocycles. The molecule has 0 spiro atoms. The summed E-state index contributed by atoms with van der Waals surface area (Å²) < 4.78 is 43.9. The highest BCUT2D eigenvalue weighted by Crippen LogP contribution is 2.36. The zero-order valence-corrected chi connectivity index (χ0v) is 13.0. The normalized spacial score (nSPS) is 12.3. The summed E-state index contributed by atoms with van der Waals surface area (Å²) in [4.78, 5) is 4.07. The maximum Gasteiger partial charge on any atom is 0.416 e. The smallest absolute Gasteiger partial charge is 0.416 e. The molecule has 2 nitrogen and oxygen atoms in total. The van der Waals surface area contributed by atoms with Crippen molar-refractivity contribution < 1.29 is 17.9 Å². The average Bonchev–Trinajstić information content (AvgIpc) is 2.45. The first kappa shape index (κ1) is 16.3. The van der Waals surface area contributed by atoms with Crippen molar-refractivity contribution in [3.8, 4) is 17.0 Å². The monoisotopic (exact) mass is 309 g/mol. The van der Waals surface area contributed by atoms with Crippen LogP contribution in [0.4, 0.5) is 13.2 Å². The van der Waals surface area contributed by atoms with Gasteiger partial charge in [-0.05, 0) is 35.2 Å². The maximum absolute atomic E-state index is 12.9. The minimum Gasteiger partial charge on any atom is -0.496 e. The van der Waals surface area contributed by atoms with Crippen LogP contribution >= 0.6 is 0 Å². The predicted octanol–water partition coefficient (Wildman–Crippen LogP) is 5.07. The minimum absolute atomic E-state index is 0.122. The van der Waals surface area contributed by atoms with Gasteiger partial charge in [-0.2, -0.15) is 13.2 Å². The standard InChI is InChI=1S/C17H18F3NO/c1-16(2,3)11-5-6-15(22-4)13(9-11)14-10-12(7-8-21-14)17(18,19)20/h5-10H,1-4H3. The van der Waals surface area contributed by atoms with Crippen LogP contribution in [0.15, 0.2) is 36.5 Å². The van der Waals surface area contributed by atoms with Gasteiger partial charge in [-0.25, -0.2) is 0 Å². The van der Waals surface area contributed by atoms with Crippen molar-refractivity contribution in [1.82, 2.24) is 4.98 Å². The van der Waals surface area contributed by atoms with Crippen LogP contribution < -0.4 is 4.74 Å². The summed E-state index contributed by atoms with van der Waals surface area (Å²) in [6.45, 7) is 6.12. The number of hydrogen-bond acceptors (Lipinski definition) is 2. The zero-order valence-electron chi connectivity index (χ0n) is 13.0. The van der Waals surface area contributed by atoms with Crippen molar-refractivity contribution in [1.29, 1.82) is 0 Å². The number of aromatic nitrogens is 1. The highest BCUT2D eigenvalue weighted by atomic mass is 19.4. The Morgan fingerprint density at radius 3 is 2.18 bits per heavy atom. The highest BCUT2D eigenvalue weighted by molar-refractivity contribution is 5.69. The van der Waals surface area contributed by atoms with Gasteiger partial charge in [0.15, 0.2) is 0 Å². The lowest BCUT2D eigenvalue weighted by Gasteiger charge is -2.21. The highest BCUT2D eigenvalue weighted by Gasteiger charge is 2.31. The molecule has 0 fully saturated rings. The fraction of sp³-hybridized carbons (Fsp3) is 0.353. The fourth-order valence-corrected chi connectivity index (χ4v) is 2.13. The predicted molar refractivity (Wildman–Crippen MR) is 79.9 cm³/mol. The summed E-state index contributed by atoms with van der Waals surface area (Å²) in [5.74, 6) is 0.500. The van der Waals surface area contributed by atoms with E-state index in [9.17, 15) is 13.2 Å². The molecule has 5 heteroatoms. The maximum atomic E-state index is 12.9. The van der Waals surface area contributed by atoms with Crippen LogP contribution in [0, 0.1) is 0 Å². The van der Waals surface area contributed by atoms with Crippen LogP contribution in [-0.2, 0) is 11.6 Å². The van der Waals surface area contributed by atoms with Crippen molar-refractivity contribution in [2.45, 2.75) is 32.4 Å². The number of pyridine rings is 1. The van der Waals surface area contributed by atoms with Crippen molar-refractivity contribution >= 4 is 0 Å². The molecule has 2 rings (SSSR count). The van der Waals surface area contributed by atoms with E-state index < -0.39 is 11.7 Å². The molecule has 0 saturated heterocycles. The molecule has 1 aromatic heterocycles. The molecule has 0 atom stereocenters. The van der Waals surface area contributed by atoms with Crippen molar-refractivity contribution in [3.05, 3.63) is 47.7 Å². The Bertz CT molecular complexity index is 672. The van der Waals surface area contributed by atoms with E-state index in [1.54, 1.807) is 6.07 Å². The van der Waals surface area contributed by atoms with Gasteiger partial charge in [0.05, 0.1) is 18.4 Å². The molecule has 1 heterocycles. The number of halogens is 3. The molecule has 2 aromatic rings. The number of benzene rings is 1. The van der Waals surface area contributed by atoms with Crippen molar-refractivity contribution in [2.75, 3.05) is 7.11 Å². The minimum atomic E-state index is -4.40. The Kier molecular flexibility index (Phi) is 4.18. The van der Waals surface area contributed by atoms with E-state index in [-0.39, 0.29) is 11.1 Å². The lowest BCUT2D eigenvalue weighted by Crippen LogP contribution is -2.11. The van der Waals surface area contributed by atoms with E-state index in [2.05, 4.69) is 4.98 Å². The number of ether oxygens (including phenoxy) is 1. The third-order valence-electron chi connectivity index (χ3n) is 3.43. The summed E-state index contributed by atoms with van der Waals surface area (Å²) in [6.07, 6.45) is -3.23. The van der Waals surface area contributed by atoms with E-state index in [0.29, 0.717) is 11.3 Å². The lowest BCUT2D eigenvalue weighted by atomic mass is 9.85. The van der Waals surface area contributed by atoms with E-state index in [0.717, 1.165) is 17.7 Å². The van der Waals surface area contributed by atoms with Gasteiger partial charge in [0, 0.05) is 11.8 Å². The van der Waals surface area contributed by atoms with E-state index >= 15 is 0 Å². The average molecular weight is 309 g/mol. The van der Waals surface area contributed by atoms with E-state index in [1.807, 2.05) is 32.9 Å². The summed E-state index contributed by atoms with van der Waals surface area (Å²) in [5, 5.41) is 0. The zero-order chi connectivity index (χ0) is 16.5. The first-order valence-corrected chi connectivity index (χ1v) is 6.85. The fourth-order valence-electron chi connectivity index (χ4n) is 2.13. The molecule has 0 radical (unpaired) electrons. The Balaban J connectivity index is 2.60. The summed E-state index contributed by atoms with van der Waals surface area (Å²) in [7, 11) is 1.49. The molecule has 0 bridgehead atoms. The third-order valence-corrected chi connectivity index (χ3v) is 3.43. The Morgan fingerprint density at radius 1 is 0.955 bits per heavy atom.